The zero-order chi connectivity index (χ0) is 17.3. The molecule has 0 spiro atoms. The van der Waals surface area contributed by atoms with Gasteiger partial charge in [-0.2, -0.15) is 0 Å². The molecule has 0 atom stereocenters. The van der Waals surface area contributed by atoms with E-state index in [1.807, 2.05) is 0 Å². The number of methoxy groups -OCH3 is 1. The average Bonchev–Trinajstić information content (AvgIpc) is 3.40. The van der Waals surface area contributed by atoms with Gasteiger partial charge in [-0.3, -0.25) is 10.1 Å². The van der Waals surface area contributed by atoms with Crippen molar-refractivity contribution in [1.29, 1.82) is 0 Å². The van der Waals surface area contributed by atoms with E-state index < -0.39 is 14.9 Å². The topological polar surface area (TPSA) is 102 Å². The number of nitrogens with zero attached hydrogens (tertiary/aromatic N) is 2. The van der Waals surface area contributed by atoms with Crippen LogP contribution in [0.25, 0.3) is 0 Å². The van der Waals surface area contributed by atoms with E-state index >= 15 is 0 Å². The van der Waals surface area contributed by atoms with Crippen molar-refractivity contribution in [2.24, 2.45) is 0 Å². The first-order chi connectivity index (χ1) is 11.4. The minimum Gasteiger partial charge on any atom is -0.490 e. The molecule has 0 radical (unpaired) electrons. The van der Waals surface area contributed by atoms with E-state index in [-0.39, 0.29) is 22.7 Å². The quantitative estimate of drug-likeness (QED) is 0.618. The lowest BCUT2D eigenvalue weighted by Gasteiger charge is -2.32. The van der Waals surface area contributed by atoms with E-state index in [4.69, 9.17) is 4.74 Å². The molecular weight excluding hydrogens is 334 g/mol. The van der Waals surface area contributed by atoms with Crippen LogP contribution in [0.2, 0.25) is 0 Å². The molecule has 0 bridgehead atoms. The first-order valence-corrected chi connectivity index (χ1v) is 9.50. The first-order valence-electron chi connectivity index (χ1n) is 7.99. The molecule has 1 N–H and O–H groups in total. The van der Waals surface area contributed by atoms with E-state index in [9.17, 15) is 18.5 Å². The number of nitrogens with one attached hydrogen (secondary N) is 1. The van der Waals surface area contributed by atoms with E-state index in [2.05, 4.69) is 5.32 Å². The molecule has 0 amide bonds. The molecule has 1 aromatic carbocycles. The Labute approximate surface area is 141 Å². The summed E-state index contributed by atoms with van der Waals surface area (Å²) < 4.78 is 31.1. The molecule has 1 heterocycles. The third-order valence-electron chi connectivity index (χ3n) is 4.51. The van der Waals surface area contributed by atoms with Gasteiger partial charge in [0.1, 0.15) is 0 Å². The predicted octanol–water partition coefficient (Wildman–Crippen LogP) is 1.97. The number of piperidine rings is 1. The fraction of sp³-hybridized carbons (Fsp3) is 0.600. The number of ether oxygens (including phenoxy) is 1. The highest BCUT2D eigenvalue weighted by molar-refractivity contribution is 7.90. The van der Waals surface area contributed by atoms with Crippen molar-refractivity contribution in [2.45, 2.75) is 37.0 Å². The van der Waals surface area contributed by atoms with Crippen molar-refractivity contribution in [3.63, 3.8) is 0 Å². The van der Waals surface area contributed by atoms with Crippen molar-refractivity contribution in [3.05, 3.63) is 28.3 Å². The Morgan fingerprint density at radius 1 is 1.25 bits per heavy atom. The number of sulfonamides is 1. The van der Waals surface area contributed by atoms with Gasteiger partial charge >= 0.3 is 5.69 Å². The molecule has 24 heavy (non-hydrogen) atoms. The van der Waals surface area contributed by atoms with E-state index in [1.54, 1.807) is 16.4 Å². The standard InChI is InChI=1S/C15H21N3O5S/c1-23-15-10-12(2-5-14(15)18(19)20)16-11-6-8-17(9-7-11)24(21,22)13-3-4-13/h2,5,10-11,13,16H,3-4,6-9H2,1H3. The molecule has 1 saturated carbocycles. The second-order valence-corrected chi connectivity index (χ2v) is 8.42. The Kier molecular flexibility index (Phi) is 4.64. The van der Waals surface area contributed by atoms with Crippen LogP contribution in [0.1, 0.15) is 25.7 Å². The van der Waals surface area contributed by atoms with Gasteiger partial charge in [0.2, 0.25) is 10.0 Å². The summed E-state index contributed by atoms with van der Waals surface area (Å²) in [6.07, 6.45) is 2.99. The van der Waals surface area contributed by atoms with Crippen molar-refractivity contribution in [3.8, 4) is 5.75 Å². The van der Waals surface area contributed by atoms with Crippen molar-refractivity contribution in [2.75, 3.05) is 25.5 Å². The minimum absolute atomic E-state index is 0.0756. The number of nitro benzene ring substituents is 1. The Balaban J connectivity index is 1.61. The fourth-order valence-corrected chi connectivity index (χ4v) is 4.86. The van der Waals surface area contributed by atoms with Gasteiger partial charge in [-0.15, -0.1) is 0 Å². The third-order valence-corrected chi connectivity index (χ3v) is 6.91. The highest BCUT2D eigenvalue weighted by Crippen LogP contribution is 2.33. The second-order valence-electron chi connectivity index (χ2n) is 6.21. The van der Waals surface area contributed by atoms with E-state index in [0.29, 0.717) is 25.9 Å². The smallest absolute Gasteiger partial charge is 0.311 e. The first kappa shape index (κ1) is 17.0. The highest BCUT2D eigenvalue weighted by Gasteiger charge is 2.41. The van der Waals surface area contributed by atoms with Crippen LogP contribution in [0.15, 0.2) is 18.2 Å². The maximum atomic E-state index is 12.2. The molecule has 9 heteroatoms. The lowest BCUT2D eigenvalue weighted by atomic mass is 10.1. The van der Waals surface area contributed by atoms with Crippen molar-refractivity contribution < 1.29 is 18.1 Å². The molecule has 1 aliphatic carbocycles. The largest absolute Gasteiger partial charge is 0.490 e. The van der Waals surface area contributed by atoms with Gasteiger partial charge in [-0.25, -0.2) is 12.7 Å². The lowest BCUT2D eigenvalue weighted by Crippen LogP contribution is -2.43. The number of benzene rings is 1. The Bertz CT molecular complexity index is 725. The van der Waals surface area contributed by atoms with Crippen LogP contribution in [0.3, 0.4) is 0 Å². The molecule has 1 aromatic rings. The molecule has 1 aliphatic heterocycles. The Morgan fingerprint density at radius 2 is 1.92 bits per heavy atom. The average molecular weight is 355 g/mol. The predicted molar refractivity (Wildman–Crippen MR) is 89.8 cm³/mol. The third kappa shape index (κ3) is 3.46. The van der Waals surface area contributed by atoms with Crippen LogP contribution < -0.4 is 10.1 Å². The summed E-state index contributed by atoms with van der Waals surface area (Å²) in [5.41, 5.74) is 0.661. The molecule has 0 unspecified atom stereocenters. The van der Waals surface area contributed by atoms with Crippen LogP contribution in [0, 0.1) is 10.1 Å². The highest BCUT2D eigenvalue weighted by atomic mass is 32.2. The number of nitro groups is 1. The maximum absolute atomic E-state index is 12.2. The second kappa shape index (κ2) is 6.56. The van der Waals surface area contributed by atoms with Gasteiger partial charge in [0.15, 0.2) is 5.75 Å². The molecule has 2 aliphatic rings. The van der Waals surface area contributed by atoms with Crippen LogP contribution >= 0.6 is 0 Å². The molecule has 8 nitrogen and oxygen atoms in total. The van der Waals surface area contributed by atoms with Gasteiger partial charge in [0.25, 0.3) is 0 Å². The van der Waals surface area contributed by atoms with Gasteiger partial charge in [-0.05, 0) is 31.7 Å². The summed E-state index contributed by atoms with van der Waals surface area (Å²) in [5, 5.41) is 14.1. The summed E-state index contributed by atoms with van der Waals surface area (Å²) in [6, 6.07) is 4.80. The molecule has 132 valence electrons. The normalized spacial score (nSPS) is 19.9. The molecule has 0 aromatic heterocycles. The summed E-state index contributed by atoms with van der Waals surface area (Å²) in [4.78, 5) is 10.4. The molecule has 2 fully saturated rings. The summed E-state index contributed by atoms with van der Waals surface area (Å²) in [6.45, 7) is 1.03. The van der Waals surface area contributed by atoms with E-state index in [1.165, 1.54) is 13.2 Å². The van der Waals surface area contributed by atoms with Gasteiger partial charge in [0, 0.05) is 37.0 Å². The van der Waals surface area contributed by atoms with Gasteiger partial charge in [0.05, 0.1) is 17.3 Å². The molecule has 3 rings (SSSR count). The summed E-state index contributed by atoms with van der Waals surface area (Å²) >= 11 is 0. The molecule has 1 saturated heterocycles. The van der Waals surface area contributed by atoms with Crippen LogP contribution in [-0.4, -0.2) is 49.1 Å². The summed E-state index contributed by atoms with van der Waals surface area (Å²) in [7, 11) is -1.70. The monoisotopic (exact) mass is 355 g/mol. The van der Waals surface area contributed by atoms with Gasteiger partial charge in [-0.1, -0.05) is 0 Å². The number of rotatable bonds is 6. The number of hydrogen-bond donors (Lipinski definition) is 1. The maximum Gasteiger partial charge on any atom is 0.311 e. The number of anilines is 1. The van der Waals surface area contributed by atoms with Crippen LogP contribution in [0.5, 0.6) is 5.75 Å². The zero-order valence-corrected chi connectivity index (χ0v) is 14.3. The van der Waals surface area contributed by atoms with E-state index in [0.717, 1.165) is 18.5 Å². The lowest BCUT2D eigenvalue weighted by molar-refractivity contribution is -0.385. The van der Waals surface area contributed by atoms with Crippen molar-refractivity contribution in [1.82, 2.24) is 4.31 Å². The zero-order valence-electron chi connectivity index (χ0n) is 13.5. The number of hydrogen-bond acceptors (Lipinski definition) is 6. The van der Waals surface area contributed by atoms with Crippen molar-refractivity contribution >= 4 is 21.4 Å². The Morgan fingerprint density at radius 3 is 2.46 bits per heavy atom. The van der Waals surface area contributed by atoms with Crippen LogP contribution in [0.4, 0.5) is 11.4 Å². The minimum atomic E-state index is -3.10. The van der Waals surface area contributed by atoms with Crippen LogP contribution in [-0.2, 0) is 10.0 Å². The Hall–Kier alpha value is -1.87. The summed E-state index contributed by atoms with van der Waals surface area (Å²) in [5.74, 6) is 0.207. The SMILES string of the molecule is COc1cc(NC2CCN(S(=O)(=O)C3CC3)CC2)ccc1[N+](=O)[O-]. The van der Waals surface area contributed by atoms with Gasteiger partial charge < -0.3 is 10.1 Å². The molecular formula is C15H21N3O5S. The fourth-order valence-electron chi connectivity index (χ4n) is 2.99.